The highest BCUT2D eigenvalue weighted by molar-refractivity contribution is 5.94. The zero-order chi connectivity index (χ0) is 23.0. The molecule has 33 heavy (non-hydrogen) atoms. The molecule has 0 aliphatic carbocycles. The fraction of sp³-hybridized carbons (Fsp3) is 0.261. The number of aliphatic hydroxyl groups excluding tert-OH is 1. The van der Waals surface area contributed by atoms with E-state index < -0.39 is 12.0 Å². The fourth-order valence-corrected chi connectivity index (χ4v) is 3.14. The van der Waals surface area contributed by atoms with Crippen LogP contribution in [0, 0.1) is 6.92 Å². The molecule has 1 amide bonds. The first kappa shape index (κ1) is 22.3. The summed E-state index contributed by atoms with van der Waals surface area (Å²) in [6.07, 6.45) is 3.60. The monoisotopic (exact) mass is 448 g/mol. The third-order valence-electron chi connectivity index (χ3n) is 4.79. The molecule has 3 heterocycles. The lowest BCUT2D eigenvalue weighted by Gasteiger charge is -2.18. The third kappa shape index (κ3) is 5.68. The van der Waals surface area contributed by atoms with Crippen LogP contribution in [-0.2, 0) is 16.1 Å². The molecule has 1 aromatic carbocycles. The number of amides is 1. The van der Waals surface area contributed by atoms with E-state index in [1.54, 1.807) is 23.1 Å². The van der Waals surface area contributed by atoms with Crippen molar-refractivity contribution in [2.45, 2.75) is 19.6 Å². The van der Waals surface area contributed by atoms with E-state index in [1.165, 1.54) is 6.33 Å². The van der Waals surface area contributed by atoms with Gasteiger partial charge in [-0.15, -0.1) is 0 Å². The van der Waals surface area contributed by atoms with Crippen molar-refractivity contribution in [1.29, 1.82) is 0 Å². The Balaban J connectivity index is 1.55. The van der Waals surface area contributed by atoms with Crippen LogP contribution in [0.4, 0.5) is 5.82 Å². The number of pyridine rings is 1. The molecule has 0 aliphatic rings. The second-order valence-electron chi connectivity index (χ2n) is 7.32. The maximum absolute atomic E-state index is 12.9. The normalized spacial score (nSPS) is 11.9. The second-order valence-corrected chi connectivity index (χ2v) is 7.32. The summed E-state index contributed by atoms with van der Waals surface area (Å²) in [6.45, 7) is 2.26. The first-order chi connectivity index (χ1) is 16.1. The summed E-state index contributed by atoms with van der Waals surface area (Å²) in [4.78, 5) is 25.6. The van der Waals surface area contributed by atoms with Gasteiger partial charge in [0.1, 0.15) is 17.5 Å². The number of nitrogens with one attached hydrogen (secondary N) is 1. The number of carbonyl (C=O) groups is 1. The summed E-state index contributed by atoms with van der Waals surface area (Å²) in [5, 5.41) is 16.7. The molecule has 0 radical (unpaired) electrons. The lowest BCUT2D eigenvalue weighted by Crippen LogP contribution is -2.37. The van der Waals surface area contributed by atoms with Crippen LogP contribution >= 0.6 is 0 Å². The number of aryl methyl sites for hydroxylation is 1. The lowest BCUT2D eigenvalue weighted by atomic mass is 10.2. The van der Waals surface area contributed by atoms with Crippen LogP contribution in [0.15, 0.2) is 61.2 Å². The Morgan fingerprint density at radius 3 is 2.73 bits per heavy atom. The Morgan fingerprint density at radius 1 is 1.12 bits per heavy atom. The molecular weight excluding hydrogens is 424 g/mol. The average molecular weight is 448 g/mol. The van der Waals surface area contributed by atoms with Crippen molar-refractivity contribution in [3.63, 3.8) is 0 Å². The van der Waals surface area contributed by atoms with Crippen LogP contribution in [0.2, 0.25) is 0 Å². The highest BCUT2D eigenvalue weighted by Crippen LogP contribution is 2.23. The number of aliphatic hydroxyl groups is 1. The summed E-state index contributed by atoms with van der Waals surface area (Å²) in [6, 6.07) is 13.4. The molecule has 2 N–H and O–H groups in total. The zero-order valence-corrected chi connectivity index (χ0v) is 18.1. The molecule has 3 aromatic heterocycles. The van der Waals surface area contributed by atoms with E-state index in [0.717, 1.165) is 11.1 Å². The SMILES string of the molecule is Cc1ccc(NC(=O)C(COCCO)Oc2ncnc3c2cnn3Cc2ccccc2)nc1. The van der Waals surface area contributed by atoms with Gasteiger partial charge in [-0.25, -0.2) is 19.6 Å². The highest BCUT2D eigenvalue weighted by atomic mass is 16.5. The maximum Gasteiger partial charge on any atom is 0.269 e. The molecule has 4 aromatic rings. The number of hydrogen-bond acceptors (Lipinski definition) is 8. The number of anilines is 1. The van der Waals surface area contributed by atoms with E-state index in [9.17, 15) is 4.79 Å². The Morgan fingerprint density at radius 2 is 1.97 bits per heavy atom. The van der Waals surface area contributed by atoms with Gasteiger partial charge in [-0.2, -0.15) is 5.10 Å². The van der Waals surface area contributed by atoms with Gasteiger partial charge < -0.3 is 19.9 Å². The third-order valence-corrected chi connectivity index (χ3v) is 4.79. The quantitative estimate of drug-likeness (QED) is 0.353. The number of nitrogens with zero attached hydrogens (tertiary/aromatic N) is 5. The van der Waals surface area contributed by atoms with Crippen molar-refractivity contribution in [3.8, 4) is 5.88 Å². The van der Waals surface area contributed by atoms with Crippen molar-refractivity contribution in [1.82, 2.24) is 24.7 Å². The number of aromatic nitrogens is 5. The molecule has 1 atom stereocenters. The summed E-state index contributed by atoms with van der Waals surface area (Å²) in [7, 11) is 0. The van der Waals surface area contributed by atoms with E-state index in [-0.39, 0.29) is 25.7 Å². The predicted molar refractivity (Wildman–Crippen MR) is 121 cm³/mol. The molecule has 10 nitrogen and oxygen atoms in total. The van der Waals surface area contributed by atoms with Crippen molar-refractivity contribution in [2.75, 3.05) is 25.1 Å². The number of hydrogen-bond donors (Lipinski definition) is 2. The molecule has 0 spiro atoms. The summed E-state index contributed by atoms with van der Waals surface area (Å²) >= 11 is 0. The minimum atomic E-state index is -1.03. The van der Waals surface area contributed by atoms with Gasteiger partial charge in [0.25, 0.3) is 5.91 Å². The Labute approximate surface area is 190 Å². The average Bonchev–Trinajstić information content (AvgIpc) is 3.24. The molecular formula is C23H24N6O4. The lowest BCUT2D eigenvalue weighted by molar-refractivity contribution is -0.125. The number of fused-ring (bicyclic) bond motifs is 1. The van der Waals surface area contributed by atoms with Gasteiger partial charge in [0, 0.05) is 6.20 Å². The molecule has 0 bridgehead atoms. The van der Waals surface area contributed by atoms with Gasteiger partial charge in [-0.3, -0.25) is 4.79 Å². The van der Waals surface area contributed by atoms with Crippen molar-refractivity contribution in [2.24, 2.45) is 0 Å². The number of rotatable bonds is 10. The largest absolute Gasteiger partial charge is 0.461 e. The zero-order valence-electron chi connectivity index (χ0n) is 18.1. The maximum atomic E-state index is 12.9. The van der Waals surface area contributed by atoms with Gasteiger partial charge in [-0.1, -0.05) is 36.4 Å². The van der Waals surface area contributed by atoms with E-state index in [0.29, 0.717) is 23.4 Å². The standard InChI is InChI=1S/C23H24N6O4/c1-16-7-8-20(24-11-16)28-22(31)19(14-32-10-9-30)33-23-18-12-27-29(21(18)25-15-26-23)13-17-5-3-2-4-6-17/h2-8,11-12,15,19,30H,9-10,13-14H2,1H3,(H,24,28,31). The molecule has 0 aliphatic heterocycles. The van der Waals surface area contributed by atoms with Crippen LogP contribution in [0.3, 0.4) is 0 Å². The van der Waals surface area contributed by atoms with E-state index in [1.807, 2.05) is 43.3 Å². The van der Waals surface area contributed by atoms with Crippen LogP contribution in [0.25, 0.3) is 11.0 Å². The molecule has 170 valence electrons. The van der Waals surface area contributed by atoms with E-state index in [2.05, 4.69) is 25.4 Å². The smallest absolute Gasteiger partial charge is 0.269 e. The summed E-state index contributed by atoms with van der Waals surface area (Å²) in [5.74, 6) is 0.154. The molecule has 10 heteroatoms. The fourth-order valence-electron chi connectivity index (χ4n) is 3.14. The summed E-state index contributed by atoms with van der Waals surface area (Å²) < 4.78 is 13.1. The van der Waals surface area contributed by atoms with Gasteiger partial charge in [0.05, 0.1) is 32.6 Å². The Kier molecular flexibility index (Phi) is 7.18. The Hall–Kier alpha value is -3.89. The molecule has 0 fully saturated rings. The molecule has 0 saturated carbocycles. The van der Waals surface area contributed by atoms with Crippen LogP contribution in [0.5, 0.6) is 5.88 Å². The first-order valence-corrected chi connectivity index (χ1v) is 10.4. The molecule has 4 rings (SSSR count). The number of benzene rings is 1. The van der Waals surface area contributed by atoms with Gasteiger partial charge >= 0.3 is 0 Å². The second kappa shape index (κ2) is 10.6. The topological polar surface area (TPSA) is 124 Å². The van der Waals surface area contributed by atoms with Crippen LogP contribution < -0.4 is 10.1 Å². The molecule has 1 unspecified atom stereocenters. The number of carbonyl (C=O) groups excluding carboxylic acids is 1. The van der Waals surface area contributed by atoms with Crippen LogP contribution in [0.1, 0.15) is 11.1 Å². The summed E-state index contributed by atoms with van der Waals surface area (Å²) in [5.41, 5.74) is 2.63. The van der Waals surface area contributed by atoms with E-state index in [4.69, 9.17) is 14.6 Å². The molecule has 0 saturated heterocycles. The first-order valence-electron chi connectivity index (χ1n) is 10.4. The predicted octanol–water partition coefficient (Wildman–Crippen LogP) is 1.97. The van der Waals surface area contributed by atoms with Crippen molar-refractivity contribution >= 4 is 22.8 Å². The Bertz CT molecular complexity index is 1200. The minimum Gasteiger partial charge on any atom is -0.461 e. The highest BCUT2D eigenvalue weighted by Gasteiger charge is 2.24. The van der Waals surface area contributed by atoms with Crippen molar-refractivity contribution in [3.05, 3.63) is 72.3 Å². The van der Waals surface area contributed by atoms with Gasteiger partial charge in [0.15, 0.2) is 5.65 Å². The van der Waals surface area contributed by atoms with Crippen LogP contribution in [-0.4, -0.2) is 61.7 Å². The van der Waals surface area contributed by atoms with Gasteiger partial charge in [0.2, 0.25) is 12.0 Å². The minimum absolute atomic E-state index is 0.0735. The van der Waals surface area contributed by atoms with Gasteiger partial charge in [-0.05, 0) is 24.1 Å². The number of ether oxygens (including phenoxy) is 2. The van der Waals surface area contributed by atoms with E-state index >= 15 is 0 Å². The van der Waals surface area contributed by atoms with Crippen molar-refractivity contribution < 1.29 is 19.4 Å².